The molecule has 0 saturated carbocycles. The first kappa shape index (κ1) is 12.3. The van der Waals surface area contributed by atoms with E-state index in [0.717, 1.165) is 18.4 Å². The maximum atomic E-state index is 9.68. The van der Waals surface area contributed by atoms with Crippen molar-refractivity contribution < 1.29 is 5.11 Å². The van der Waals surface area contributed by atoms with Crippen LogP contribution in [0.15, 0.2) is 18.2 Å². The third-order valence-electron chi connectivity index (χ3n) is 2.69. The molecule has 1 aromatic rings. The fourth-order valence-electron chi connectivity index (χ4n) is 1.90. The van der Waals surface area contributed by atoms with Gasteiger partial charge in [-0.25, -0.2) is 0 Å². The molecule has 0 fully saturated rings. The predicted octanol–water partition coefficient (Wildman–Crippen LogP) is 3.50. The van der Waals surface area contributed by atoms with Gasteiger partial charge in [0.05, 0.1) is 6.10 Å². The van der Waals surface area contributed by atoms with Crippen LogP contribution in [0.2, 0.25) is 0 Å². The van der Waals surface area contributed by atoms with E-state index in [1.807, 2.05) is 6.92 Å². The number of rotatable bonds is 4. The van der Waals surface area contributed by atoms with Crippen LogP contribution >= 0.6 is 0 Å². The minimum atomic E-state index is -0.357. The van der Waals surface area contributed by atoms with E-state index >= 15 is 0 Å². The first-order chi connectivity index (χ1) is 7.04. The molecule has 1 nitrogen and oxygen atoms in total. The van der Waals surface area contributed by atoms with Gasteiger partial charge in [0.25, 0.3) is 0 Å². The molecule has 0 aliphatic heterocycles. The van der Waals surface area contributed by atoms with Gasteiger partial charge in [-0.15, -0.1) is 0 Å². The quantitative estimate of drug-likeness (QED) is 0.799. The van der Waals surface area contributed by atoms with E-state index in [1.165, 1.54) is 11.1 Å². The summed E-state index contributed by atoms with van der Waals surface area (Å²) in [7, 11) is 0. The van der Waals surface area contributed by atoms with Crippen molar-refractivity contribution in [2.75, 3.05) is 0 Å². The van der Waals surface area contributed by atoms with Gasteiger partial charge in [-0.05, 0) is 42.4 Å². The van der Waals surface area contributed by atoms with E-state index in [1.54, 1.807) is 0 Å². The van der Waals surface area contributed by atoms with Crippen molar-refractivity contribution in [3.05, 3.63) is 34.9 Å². The van der Waals surface area contributed by atoms with Crippen molar-refractivity contribution in [3.8, 4) is 0 Å². The van der Waals surface area contributed by atoms with Crippen LogP contribution in [0.5, 0.6) is 0 Å². The van der Waals surface area contributed by atoms with Crippen LogP contribution < -0.4 is 0 Å². The highest BCUT2D eigenvalue weighted by Gasteiger charge is 2.09. The SMILES string of the molecule is CCc1ccc(C(C)O)c(CC(C)C)c1. The number of hydrogen-bond donors (Lipinski definition) is 1. The molecule has 1 rings (SSSR count). The van der Waals surface area contributed by atoms with Crippen LogP contribution in [-0.2, 0) is 12.8 Å². The molecule has 0 aliphatic carbocycles. The highest BCUT2D eigenvalue weighted by Crippen LogP contribution is 2.22. The third-order valence-corrected chi connectivity index (χ3v) is 2.69. The van der Waals surface area contributed by atoms with E-state index in [0.29, 0.717) is 5.92 Å². The zero-order chi connectivity index (χ0) is 11.4. The fraction of sp³-hybridized carbons (Fsp3) is 0.571. The Morgan fingerprint density at radius 3 is 2.33 bits per heavy atom. The minimum absolute atomic E-state index is 0.357. The van der Waals surface area contributed by atoms with Crippen molar-refractivity contribution in [2.45, 2.75) is 46.6 Å². The summed E-state index contributed by atoms with van der Waals surface area (Å²) in [5, 5.41) is 9.68. The molecule has 1 heteroatoms. The van der Waals surface area contributed by atoms with Crippen LogP contribution in [0.3, 0.4) is 0 Å². The van der Waals surface area contributed by atoms with Gasteiger partial charge in [-0.2, -0.15) is 0 Å². The van der Waals surface area contributed by atoms with Gasteiger partial charge in [0, 0.05) is 0 Å². The number of aliphatic hydroxyl groups is 1. The smallest absolute Gasteiger partial charge is 0.0764 e. The molecule has 0 aliphatic rings. The predicted molar refractivity (Wildman–Crippen MR) is 65.0 cm³/mol. The topological polar surface area (TPSA) is 20.2 Å². The summed E-state index contributed by atoms with van der Waals surface area (Å²) in [6.45, 7) is 8.43. The maximum Gasteiger partial charge on any atom is 0.0764 e. The molecule has 0 aromatic heterocycles. The standard InChI is InChI=1S/C14H22O/c1-5-12-6-7-14(11(4)15)13(9-12)8-10(2)3/h6-7,9-11,15H,5,8H2,1-4H3. The largest absolute Gasteiger partial charge is 0.389 e. The molecule has 1 atom stereocenters. The van der Waals surface area contributed by atoms with Crippen molar-refractivity contribution in [1.82, 2.24) is 0 Å². The van der Waals surface area contributed by atoms with Crippen molar-refractivity contribution in [1.29, 1.82) is 0 Å². The Labute approximate surface area is 93.1 Å². The Bertz CT molecular complexity index is 313. The third kappa shape index (κ3) is 3.35. The molecular formula is C14H22O. The molecule has 0 spiro atoms. The average Bonchev–Trinajstić information content (AvgIpc) is 2.16. The minimum Gasteiger partial charge on any atom is -0.389 e. The molecule has 84 valence electrons. The number of aryl methyl sites for hydroxylation is 1. The zero-order valence-electron chi connectivity index (χ0n) is 10.2. The molecule has 0 radical (unpaired) electrons. The molecule has 0 saturated heterocycles. The van der Waals surface area contributed by atoms with Gasteiger partial charge in [0.1, 0.15) is 0 Å². The molecular weight excluding hydrogens is 184 g/mol. The van der Waals surface area contributed by atoms with Gasteiger partial charge in [0.2, 0.25) is 0 Å². The lowest BCUT2D eigenvalue weighted by molar-refractivity contribution is 0.198. The van der Waals surface area contributed by atoms with Gasteiger partial charge >= 0.3 is 0 Å². The van der Waals surface area contributed by atoms with Crippen LogP contribution in [0.4, 0.5) is 0 Å². The van der Waals surface area contributed by atoms with Gasteiger partial charge in [-0.1, -0.05) is 39.0 Å². The molecule has 1 N–H and O–H groups in total. The fourth-order valence-corrected chi connectivity index (χ4v) is 1.90. The van der Waals surface area contributed by atoms with E-state index in [-0.39, 0.29) is 6.10 Å². The summed E-state index contributed by atoms with van der Waals surface area (Å²) in [5.41, 5.74) is 3.75. The summed E-state index contributed by atoms with van der Waals surface area (Å²) in [4.78, 5) is 0. The second-order valence-corrected chi connectivity index (χ2v) is 4.66. The van der Waals surface area contributed by atoms with E-state index < -0.39 is 0 Å². The highest BCUT2D eigenvalue weighted by atomic mass is 16.3. The van der Waals surface area contributed by atoms with E-state index in [2.05, 4.69) is 39.0 Å². The Balaban J connectivity index is 3.05. The summed E-state index contributed by atoms with van der Waals surface area (Å²) in [6.07, 6.45) is 1.75. The monoisotopic (exact) mass is 206 g/mol. The Morgan fingerprint density at radius 2 is 1.87 bits per heavy atom. The van der Waals surface area contributed by atoms with Gasteiger partial charge < -0.3 is 5.11 Å². The first-order valence-corrected chi connectivity index (χ1v) is 5.84. The van der Waals surface area contributed by atoms with Crippen LogP contribution in [-0.4, -0.2) is 5.11 Å². The number of benzene rings is 1. The highest BCUT2D eigenvalue weighted by molar-refractivity contribution is 5.33. The molecule has 15 heavy (non-hydrogen) atoms. The van der Waals surface area contributed by atoms with E-state index in [4.69, 9.17) is 0 Å². The summed E-state index contributed by atoms with van der Waals surface area (Å²) in [6, 6.07) is 6.43. The van der Waals surface area contributed by atoms with Crippen LogP contribution in [0.25, 0.3) is 0 Å². The lowest BCUT2D eigenvalue weighted by Crippen LogP contribution is -2.03. The molecule has 1 aromatic carbocycles. The first-order valence-electron chi connectivity index (χ1n) is 5.84. The van der Waals surface area contributed by atoms with Crippen LogP contribution in [0.1, 0.15) is 50.5 Å². The zero-order valence-corrected chi connectivity index (χ0v) is 10.2. The normalized spacial score (nSPS) is 13.2. The second kappa shape index (κ2) is 5.32. The lowest BCUT2D eigenvalue weighted by atomic mass is 9.93. The molecule has 1 unspecified atom stereocenters. The van der Waals surface area contributed by atoms with Crippen molar-refractivity contribution >= 4 is 0 Å². The maximum absolute atomic E-state index is 9.68. The summed E-state index contributed by atoms with van der Waals surface area (Å²) < 4.78 is 0. The van der Waals surface area contributed by atoms with Crippen LogP contribution in [0, 0.1) is 5.92 Å². The molecule has 0 heterocycles. The van der Waals surface area contributed by atoms with Gasteiger partial charge in [0.15, 0.2) is 0 Å². The van der Waals surface area contributed by atoms with Crippen molar-refractivity contribution in [3.63, 3.8) is 0 Å². The summed E-state index contributed by atoms with van der Waals surface area (Å²) >= 11 is 0. The Kier molecular flexibility index (Phi) is 4.34. The Hall–Kier alpha value is -0.820. The molecule has 0 bridgehead atoms. The number of hydrogen-bond acceptors (Lipinski definition) is 1. The van der Waals surface area contributed by atoms with E-state index in [9.17, 15) is 5.11 Å². The second-order valence-electron chi connectivity index (χ2n) is 4.66. The molecule has 0 amide bonds. The lowest BCUT2D eigenvalue weighted by Gasteiger charge is -2.15. The van der Waals surface area contributed by atoms with Crippen molar-refractivity contribution in [2.24, 2.45) is 5.92 Å². The average molecular weight is 206 g/mol. The Morgan fingerprint density at radius 1 is 1.20 bits per heavy atom. The number of aliphatic hydroxyl groups excluding tert-OH is 1. The van der Waals surface area contributed by atoms with Gasteiger partial charge in [-0.3, -0.25) is 0 Å². The summed E-state index contributed by atoms with van der Waals surface area (Å²) in [5.74, 6) is 0.634.